The van der Waals surface area contributed by atoms with E-state index in [-0.39, 0.29) is 0 Å². The molecule has 3 atom stereocenters. The van der Waals surface area contributed by atoms with Crippen molar-refractivity contribution in [3.63, 3.8) is 0 Å². The smallest absolute Gasteiger partial charge is 0.130 e. The molecule has 1 aromatic heterocycles. The zero-order valence-corrected chi connectivity index (χ0v) is 11.9. The Kier molecular flexibility index (Phi) is 3.42. The molecular weight excluding hydrogens is 238 g/mol. The van der Waals surface area contributed by atoms with E-state index in [2.05, 4.69) is 21.9 Å². The van der Waals surface area contributed by atoms with E-state index < -0.39 is 0 Å². The van der Waals surface area contributed by atoms with E-state index in [0.29, 0.717) is 11.7 Å². The van der Waals surface area contributed by atoms with Gasteiger partial charge in [0.25, 0.3) is 0 Å². The van der Waals surface area contributed by atoms with Gasteiger partial charge in [-0.15, -0.1) is 5.10 Å². The van der Waals surface area contributed by atoms with Gasteiger partial charge in [0, 0.05) is 13.0 Å². The number of aryl methyl sites for hydroxylation is 2. The molecule has 4 heteroatoms. The summed E-state index contributed by atoms with van der Waals surface area (Å²) < 4.78 is 2.10. The average Bonchev–Trinajstić information content (AvgIpc) is 2.80. The van der Waals surface area contributed by atoms with Gasteiger partial charge in [0.05, 0.1) is 11.4 Å². The number of hydrogen-bond acceptors (Lipinski definition) is 3. The highest BCUT2D eigenvalue weighted by molar-refractivity contribution is 5.76. The van der Waals surface area contributed by atoms with Crippen molar-refractivity contribution in [1.29, 1.82) is 0 Å². The van der Waals surface area contributed by atoms with Crippen LogP contribution in [0.2, 0.25) is 0 Å². The number of nitrogens with zero attached hydrogens (tertiary/aromatic N) is 3. The summed E-state index contributed by atoms with van der Waals surface area (Å²) in [5, 5.41) is 8.65. The summed E-state index contributed by atoms with van der Waals surface area (Å²) in [6, 6.07) is 0. The number of hydrogen-bond donors (Lipinski definition) is 0. The molecule has 0 amide bonds. The van der Waals surface area contributed by atoms with Gasteiger partial charge in [0.1, 0.15) is 5.78 Å². The first-order valence-electron chi connectivity index (χ1n) is 7.61. The van der Waals surface area contributed by atoms with Gasteiger partial charge in [-0.3, -0.25) is 0 Å². The lowest BCUT2D eigenvalue weighted by atomic mass is 10.0. The van der Waals surface area contributed by atoms with E-state index in [0.717, 1.165) is 44.1 Å². The summed E-state index contributed by atoms with van der Waals surface area (Å²) in [7, 11) is 0. The van der Waals surface area contributed by atoms with Gasteiger partial charge >= 0.3 is 0 Å². The number of carbonyl (C=O) groups excluding carboxylic acids is 1. The highest BCUT2D eigenvalue weighted by Gasteiger charge is 2.49. The first-order chi connectivity index (χ1) is 9.20. The average molecular weight is 261 g/mol. The Morgan fingerprint density at radius 3 is 2.74 bits per heavy atom. The Morgan fingerprint density at radius 2 is 2.05 bits per heavy atom. The standard InChI is InChI=1S/C15H23N3O/c1-3-8-18-15-7-5-12-11(13(12)9-10(2)19)4-6-14(15)16-17-18/h11-13H,3-9H2,1-2H3. The summed E-state index contributed by atoms with van der Waals surface area (Å²) in [5.41, 5.74) is 2.56. The fourth-order valence-corrected chi connectivity index (χ4v) is 3.85. The van der Waals surface area contributed by atoms with Gasteiger partial charge in [-0.25, -0.2) is 4.68 Å². The molecule has 2 aliphatic carbocycles. The van der Waals surface area contributed by atoms with E-state index in [1.165, 1.54) is 24.2 Å². The second-order valence-electron chi connectivity index (χ2n) is 6.18. The summed E-state index contributed by atoms with van der Waals surface area (Å²) in [5.74, 6) is 2.56. The Hall–Kier alpha value is -1.19. The second-order valence-corrected chi connectivity index (χ2v) is 6.18. The topological polar surface area (TPSA) is 47.8 Å². The molecule has 104 valence electrons. The third-order valence-corrected chi connectivity index (χ3v) is 4.81. The van der Waals surface area contributed by atoms with E-state index in [9.17, 15) is 4.79 Å². The first-order valence-corrected chi connectivity index (χ1v) is 7.61. The maximum Gasteiger partial charge on any atom is 0.130 e. The molecule has 1 saturated carbocycles. The lowest BCUT2D eigenvalue weighted by Crippen LogP contribution is -2.08. The summed E-state index contributed by atoms with van der Waals surface area (Å²) in [6.07, 6.45) is 6.45. The molecule has 19 heavy (non-hydrogen) atoms. The van der Waals surface area contributed by atoms with Crippen molar-refractivity contribution < 1.29 is 4.79 Å². The maximum atomic E-state index is 11.3. The Morgan fingerprint density at radius 1 is 1.32 bits per heavy atom. The summed E-state index contributed by atoms with van der Waals surface area (Å²) in [4.78, 5) is 11.3. The van der Waals surface area contributed by atoms with E-state index in [4.69, 9.17) is 0 Å². The van der Waals surface area contributed by atoms with Crippen molar-refractivity contribution in [3.8, 4) is 0 Å². The van der Waals surface area contributed by atoms with Crippen molar-refractivity contribution in [3.05, 3.63) is 11.4 Å². The van der Waals surface area contributed by atoms with Crippen LogP contribution in [0.15, 0.2) is 0 Å². The van der Waals surface area contributed by atoms with E-state index in [1.807, 2.05) is 0 Å². The van der Waals surface area contributed by atoms with Crippen LogP contribution in [0.3, 0.4) is 0 Å². The van der Waals surface area contributed by atoms with Gasteiger partial charge in [-0.05, 0) is 56.8 Å². The van der Waals surface area contributed by atoms with Gasteiger partial charge in [-0.2, -0.15) is 0 Å². The molecule has 0 aliphatic heterocycles. The number of rotatable bonds is 4. The number of fused-ring (bicyclic) bond motifs is 2. The van der Waals surface area contributed by atoms with Crippen LogP contribution in [-0.2, 0) is 24.2 Å². The van der Waals surface area contributed by atoms with Gasteiger partial charge < -0.3 is 4.79 Å². The molecular formula is C15H23N3O. The van der Waals surface area contributed by atoms with Gasteiger partial charge in [0.15, 0.2) is 0 Å². The molecule has 3 rings (SSSR count). The first kappa shape index (κ1) is 12.8. The van der Waals surface area contributed by atoms with Gasteiger partial charge in [0.2, 0.25) is 0 Å². The fraction of sp³-hybridized carbons (Fsp3) is 0.800. The molecule has 1 heterocycles. The lowest BCUT2D eigenvalue weighted by Gasteiger charge is -2.09. The van der Waals surface area contributed by atoms with Crippen LogP contribution in [0, 0.1) is 17.8 Å². The molecule has 0 N–H and O–H groups in total. The molecule has 0 radical (unpaired) electrons. The van der Waals surface area contributed by atoms with E-state index >= 15 is 0 Å². The SMILES string of the molecule is CCCn1nnc2c1CCC1C(CC2)C1CC(C)=O. The van der Waals surface area contributed by atoms with Gasteiger partial charge in [-0.1, -0.05) is 12.1 Å². The van der Waals surface area contributed by atoms with Crippen LogP contribution in [0.4, 0.5) is 0 Å². The lowest BCUT2D eigenvalue weighted by molar-refractivity contribution is -0.117. The minimum atomic E-state index is 0.351. The molecule has 3 unspecified atom stereocenters. The predicted molar refractivity (Wildman–Crippen MR) is 72.7 cm³/mol. The van der Waals surface area contributed by atoms with Crippen molar-refractivity contribution in [1.82, 2.24) is 15.0 Å². The molecule has 1 fully saturated rings. The highest BCUT2D eigenvalue weighted by atomic mass is 16.1. The molecule has 1 aromatic rings. The quantitative estimate of drug-likeness (QED) is 0.836. The molecule has 4 nitrogen and oxygen atoms in total. The third kappa shape index (κ3) is 2.45. The summed E-state index contributed by atoms with van der Waals surface area (Å²) in [6.45, 7) is 4.88. The minimum absolute atomic E-state index is 0.351. The Labute approximate surface area is 114 Å². The minimum Gasteiger partial charge on any atom is -0.300 e. The second kappa shape index (κ2) is 5.06. The monoisotopic (exact) mass is 261 g/mol. The van der Waals surface area contributed by atoms with Crippen LogP contribution in [0.5, 0.6) is 0 Å². The van der Waals surface area contributed by atoms with Crippen molar-refractivity contribution in [2.45, 2.75) is 58.9 Å². The predicted octanol–water partition coefficient (Wildman–Crippen LogP) is 2.41. The van der Waals surface area contributed by atoms with Crippen LogP contribution in [-0.4, -0.2) is 20.8 Å². The number of carbonyl (C=O) groups is 1. The zero-order chi connectivity index (χ0) is 13.4. The number of Topliss-reactive ketones (excluding diaryl/α,β-unsaturated/α-hetero) is 1. The Balaban J connectivity index is 1.70. The van der Waals surface area contributed by atoms with Crippen molar-refractivity contribution in [2.24, 2.45) is 17.8 Å². The fourth-order valence-electron chi connectivity index (χ4n) is 3.85. The highest BCUT2D eigenvalue weighted by Crippen LogP contribution is 2.54. The number of aromatic nitrogens is 3. The number of ketones is 1. The summed E-state index contributed by atoms with van der Waals surface area (Å²) >= 11 is 0. The van der Waals surface area contributed by atoms with Crippen LogP contribution < -0.4 is 0 Å². The largest absolute Gasteiger partial charge is 0.300 e. The zero-order valence-electron chi connectivity index (χ0n) is 11.9. The van der Waals surface area contributed by atoms with Crippen molar-refractivity contribution >= 4 is 5.78 Å². The van der Waals surface area contributed by atoms with Crippen molar-refractivity contribution in [2.75, 3.05) is 0 Å². The third-order valence-electron chi connectivity index (χ3n) is 4.81. The molecule has 2 aliphatic rings. The molecule has 0 bridgehead atoms. The maximum absolute atomic E-state index is 11.3. The van der Waals surface area contributed by atoms with E-state index in [1.54, 1.807) is 6.92 Å². The normalized spacial score (nSPS) is 29.1. The van der Waals surface area contributed by atoms with Crippen LogP contribution in [0.25, 0.3) is 0 Å². The molecule has 0 aromatic carbocycles. The Bertz CT molecular complexity index is 480. The van der Waals surface area contributed by atoms with Crippen LogP contribution >= 0.6 is 0 Å². The molecule has 0 saturated heterocycles. The van der Waals surface area contributed by atoms with Crippen LogP contribution in [0.1, 0.15) is 50.9 Å². The molecule has 0 spiro atoms.